The molecule has 0 saturated carbocycles. The first-order chi connectivity index (χ1) is 18.8. The zero-order valence-electron chi connectivity index (χ0n) is 21.3. The van der Waals surface area contributed by atoms with Crippen molar-refractivity contribution >= 4 is 57.0 Å². The summed E-state index contributed by atoms with van der Waals surface area (Å²) in [4.78, 5) is 49.9. The number of hydrogen-bond donors (Lipinski definition) is 2. The third-order valence-corrected chi connectivity index (χ3v) is 6.91. The standard InChI is InChI=1S/C30H25N5O3S/c1-18(32-29(37)26(39)21-15-14-19-9-3-4-10-20(19)17-21)28(36)34-27-30(38)35(2)24-13-6-5-11-22(24)25(33-27)23-12-7-8-16-31-23/h3-18,27H,1-2H3,(H,32,37)(H,34,36)/t18-,27?/m0/s1. The Labute approximate surface area is 230 Å². The summed E-state index contributed by atoms with van der Waals surface area (Å²) in [6.07, 6.45) is 0.416. The smallest absolute Gasteiger partial charge is 0.272 e. The normalized spacial score (nSPS) is 15.5. The number of likely N-dealkylation sites (N-methyl/N-ethyl adjacent to an activating group) is 1. The number of carbonyl (C=O) groups is 3. The first kappa shape index (κ1) is 25.9. The van der Waals surface area contributed by atoms with Crippen LogP contribution in [0.2, 0.25) is 0 Å². The van der Waals surface area contributed by atoms with E-state index in [0.717, 1.165) is 10.8 Å². The van der Waals surface area contributed by atoms with Gasteiger partial charge in [-0.05, 0) is 47.5 Å². The molecule has 5 rings (SSSR count). The molecule has 0 fully saturated rings. The minimum atomic E-state index is -1.22. The van der Waals surface area contributed by atoms with Crippen molar-refractivity contribution in [1.29, 1.82) is 0 Å². The van der Waals surface area contributed by atoms with Crippen LogP contribution in [0.5, 0.6) is 0 Å². The van der Waals surface area contributed by atoms with Gasteiger partial charge in [0.1, 0.15) is 10.9 Å². The lowest BCUT2D eigenvalue weighted by Crippen LogP contribution is -2.53. The van der Waals surface area contributed by atoms with Crippen LogP contribution in [0.25, 0.3) is 10.8 Å². The van der Waals surface area contributed by atoms with Gasteiger partial charge >= 0.3 is 0 Å². The minimum Gasteiger partial charge on any atom is -0.340 e. The number of fused-ring (bicyclic) bond motifs is 2. The zero-order chi connectivity index (χ0) is 27.5. The molecule has 8 nitrogen and oxygen atoms in total. The van der Waals surface area contributed by atoms with Crippen LogP contribution in [-0.4, -0.2) is 52.5 Å². The van der Waals surface area contributed by atoms with E-state index >= 15 is 0 Å². The predicted molar refractivity (Wildman–Crippen MR) is 155 cm³/mol. The van der Waals surface area contributed by atoms with E-state index in [0.29, 0.717) is 28.2 Å². The number of benzodiazepines with no additional fused rings is 1. The van der Waals surface area contributed by atoms with E-state index in [1.54, 1.807) is 31.4 Å². The van der Waals surface area contributed by atoms with E-state index < -0.39 is 29.9 Å². The maximum Gasteiger partial charge on any atom is 0.272 e. The molecule has 4 aromatic rings. The fourth-order valence-electron chi connectivity index (χ4n) is 4.37. The second kappa shape index (κ2) is 10.9. The van der Waals surface area contributed by atoms with Crippen molar-refractivity contribution in [2.45, 2.75) is 19.1 Å². The highest BCUT2D eigenvalue weighted by Gasteiger charge is 2.32. The highest BCUT2D eigenvalue weighted by Crippen LogP contribution is 2.26. The van der Waals surface area contributed by atoms with Gasteiger partial charge in [-0.15, -0.1) is 0 Å². The molecule has 9 heteroatoms. The second-order valence-electron chi connectivity index (χ2n) is 9.10. The largest absolute Gasteiger partial charge is 0.340 e. The van der Waals surface area contributed by atoms with E-state index in [9.17, 15) is 14.4 Å². The molecule has 1 unspecified atom stereocenters. The second-order valence-corrected chi connectivity index (χ2v) is 9.51. The van der Waals surface area contributed by atoms with E-state index in [-0.39, 0.29) is 4.86 Å². The van der Waals surface area contributed by atoms with Crippen LogP contribution in [0.3, 0.4) is 0 Å². The lowest BCUT2D eigenvalue weighted by Gasteiger charge is -2.22. The minimum absolute atomic E-state index is 0.0663. The van der Waals surface area contributed by atoms with Crippen molar-refractivity contribution in [1.82, 2.24) is 15.6 Å². The summed E-state index contributed by atoms with van der Waals surface area (Å²) in [7, 11) is 1.63. The quantitative estimate of drug-likeness (QED) is 0.291. The van der Waals surface area contributed by atoms with Crippen molar-refractivity contribution in [3.63, 3.8) is 0 Å². The lowest BCUT2D eigenvalue weighted by atomic mass is 10.0. The molecule has 1 aromatic heterocycles. The molecule has 2 heterocycles. The Hall–Kier alpha value is -4.76. The van der Waals surface area contributed by atoms with Crippen molar-refractivity contribution in [2.24, 2.45) is 4.99 Å². The maximum absolute atomic E-state index is 13.3. The summed E-state index contributed by atoms with van der Waals surface area (Å²) in [6, 6.07) is 25.0. The zero-order valence-corrected chi connectivity index (χ0v) is 22.1. The molecule has 0 spiro atoms. The number of carbonyl (C=O) groups excluding carboxylic acids is 3. The monoisotopic (exact) mass is 535 g/mol. The van der Waals surface area contributed by atoms with Gasteiger partial charge in [0.15, 0.2) is 0 Å². The number of nitrogens with one attached hydrogen (secondary N) is 2. The first-order valence-electron chi connectivity index (χ1n) is 12.3. The van der Waals surface area contributed by atoms with Crippen LogP contribution in [-0.2, 0) is 14.4 Å². The average Bonchev–Trinajstić information content (AvgIpc) is 3.07. The summed E-state index contributed by atoms with van der Waals surface area (Å²) in [6.45, 7) is 1.53. The van der Waals surface area contributed by atoms with Crippen LogP contribution < -0.4 is 15.5 Å². The van der Waals surface area contributed by atoms with Gasteiger partial charge in [-0.2, -0.15) is 0 Å². The molecule has 3 amide bonds. The van der Waals surface area contributed by atoms with E-state index in [1.807, 2.05) is 66.7 Å². The highest BCUT2D eigenvalue weighted by atomic mass is 32.1. The van der Waals surface area contributed by atoms with E-state index in [1.165, 1.54) is 11.8 Å². The van der Waals surface area contributed by atoms with Gasteiger partial charge in [-0.1, -0.05) is 72.9 Å². The van der Waals surface area contributed by atoms with Crippen LogP contribution in [0.1, 0.15) is 23.7 Å². The maximum atomic E-state index is 13.3. The summed E-state index contributed by atoms with van der Waals surface area (Å²) in [5.74, 6) is -1.56. The molecule has 0 bridgehead atoms. The number of thiocarbonyl (C=S) groups is 1. The van der Waals surface area contributed by atoms with Gasteiger partial charge in [0, 0.05) is 18.8 Å². The number of pyridine rings is 1. The molecule has 0 aliphatic carbocycles. The number of anilines is 1. The molecule has 1 aliphatic heterocycles. The molecular formula is C30H25N5O3S. The molecule has 39 heavy (non-hydrogen) atoms. The molecule has 2 atom stereocenters. The number of rotatable bonds is 6. The topological polar surface area (TPSA) is 104 Å². The number of aliphatic imine (C=N–C) groups is 1. The number of aromatic nitrogens is 1. The van der Waals surface area contributed by atoms with Crippen molar-refractivity contribution < 1.29 is 14.4 Å². The van der Waals surface area contributed by atoms with Crippen LogP contribution in [0.15, 0.2) is 96.1 Å². The molecule has 194 valence electrons. The molecule has 2 N–H and O–H groups in total. The summed E-state index contributed by atoms with van der Waals surface area (Å²) < 4.78 is 0. The van der Waals surface area contributed by atoms with Crippen molar-refractivity contribution in [3.05, 3.63) is 108 Å². The molecule has 1 aliphatic rings. The Morgan fingerprint density at radius 2 is 1.67 bits per heavy atom. The van der Waals surface area contributed by atoms with Gasteiger partial charge in [0.25, 0.3) is 11.8 Å². The third-order valence-electron chi connectivity index (χ3n) is 6.49. The van der Waals surface area contributed by atoms with Crippen LogP contribution in [0, 0.1) is 0 Å². The van der Waals surface area contributed by atoms with Gasteiger partial charge in [0.2, 0.25) is 12.1 Å². The summed E-state index contributed by atoms with van der Waals surface area (Å²) >= 11 is 5.40. The number of hydrogen-bond acceptors (Lipinski definition) is 6. The van der Waals surface area contributed by atoms with Crippen molar-refractivity contribution in [2.75, 3.05) is 11.9 Å². The van der Waals surface area contributed by atoms with Crippen LogP contribution in [0.4, 0.5) is 5.69 Å². The Morgan fingerprint density at radius 3 is 2.44 bits per heavy atom. The lowest BCUT2D eigenvalue weighted by molar-refractivity contribution is -0.129. The molecule has 0 saturated heterocycles. The molecular weight excluding hydrogens is 510 g/mol. The number of para-hydroxylation sites is 1. The fraction of sp³-hybridized carbons (Fsp3) is 0.133. The molecule has 0 radical (unpaired) electrons. The fourth-order valence-corrected chi connectivity index (χ4v) is 4.56. The molecule has 3 aromatic carbocycles. The van der Waals surface area contributed by atoms with Gasteiger partial charge in [0.05, 0.1) is 17.1 Å². The van der Waals surface area contributed by atoms with Gasteiger partial charge < -0.3 is 15.5 Å². The van der Waals surface area contributed by atoms with Crippen LogP contribution >= 0.6 is 12.2 Å². The Bertz CT molecular complexity index is 1640. The summed E-state index contributed by atoms with van der Waals surface area (Å²) in [5.41, 5.74) is 2.98. The average molecular weight is 536 g/mol. The number of benzene rings is 3. The number of amides is 3. The Morgan fingerprint density at radius 1 is 0.949 bits per heavy atom. The van der Waals surface area contributed by atoms with Crippen molar-refractivity contribution in [3.8, 4) is 0 Å². The Kier molecular flexibility index (Phi) is 7.25. The Balaban J connectivity index is 1.35. The first-order valence-corrected chi connectivity index (χ1v) is 12.7. The SMILES string of the molecule is C[C@H](NC(=O)C(=S)c1ccc2ccccc2c1)C(=O)NC1N=C(c2ccccn2)c2ccccc2N(C)C1=O. The third kappa shape index (κ3) is 5.30. The summed E-state index contributed by atoms with van der Waals surface area (Å²) in [5, 5.41) is 7.30. The highest BCUT2D eigenvalue weighted by molar-refractivity contribution is 7.82. The number of nitrogens with zero attached hydrogens (tertiary/aromatic N) is 3. The van der Waals surface area contributed by atoms with Gasteiger partial charge in [-0.3, -0.25) is 19.4 Å². The van der Waals surface area contributed by atoms with Gasteiger partial charge in [-0.25, -0.2) is 4.99 Å². The van der Waals surface area contributed by atoms with E-state index in [4.69, 9.17) is 12.2 Å². The predicted octanol–water partition coefficient (Wildman–Crippen LogP) is 3.41. The van der Waals surface area contributed by atoms with E-state index in [2.05, 4.69) is 20.6 Å².